The Morgan fingerprint density at radius 3 is 2.33 bits per heavy atom. The number of hydrogen-bond acceptors (Lipinski definition) is 3. The van der Waals surface area contributed by atoms with E-state index in [0.29, 0.717) is 0 Å². The van der Waals surface area contributed by atoms with Gasteiger partial charge in [-0.25, -0.2) is 0 Å². The van der Waals surface area contributed by atoms with Crippen LogP contribution in [0.2, 0.25) is 0 Å². The van der Waals surface area contributed by atoms with Gasteiger partial charge in [-0.15, -0.1) is 0 Å². The molecule has 3 nitrogen and oxygen atoms in total. The van der Waals surface area contributed by atoms with Crippen LogP contribution >= 0.6 is 0 Å². The summed E-state index contributed by atoms with van der Waals surface area (Å²) in [5.74, 6) is 0.0814. The summed E-state index contributed by atoms with van der Waals surface area (Å²) in [7, 11) is 0. The van der Waals surface area contributed by atoms with E-state index in [1.807, 2.05) is 0 Å². The summed E-state index contributed by atoms with van der Waals surface area (Å²) >= 11 is 0. The fraction of sp³-hybridized carbons (Fsp3) is 0.300. The summed E-state index contributed by atoms with van der Waals surface area (Å²) in [6, 6.07) is 5.94. The Bertz CT molecular complexity index is 345. The number of alkyl halides is 2. The monoisotopic (exact) mass is 213 g/mol. The third-order valence-corrected chi connectivity index (χ3v) is 1.80. The summed E-state index contributed by atoms with van der Waals surface area (Å²) in [5, 5.41) is 8.28. The summed E-state index contributed by atoms with van der Waals surface area (Å²) in [5.41, 5.74) is 0.721. The summed E-state index contributed by atoms with van der Waals surface area (Å²) in [4.78, 5) is 0. The predicted octanol–water partition coefficient (Wildman–Crippen LogP) is 2.85. The van der Waals surface area contributed by atoms with Gasteiger partial charge >= 0.3 is 6.61 Å². The van der Waals surface area contributed by atoms with Gasteiger partial charge < -0.3 is 9.47 Å². The molecule has 0 aliphatic carbocycles. The third-order valence-electron chi connectivity index (χ3n) is 1.80. The third kappa shape index (κ3) is 3.43. The van der Waals surface area contributed by atoms with Crippen molar-refractivity contribution < 1.29 is 18.3 Å². The van der Waals surface area contributed by atoms with Crippen molar-refractivity contribution in [2.75, 3.05) is 0 Å². The Balaban J connectivity index is 2.68. The fourth-order valence-electron chi connectivity index (χ4n) is 1.07. The van der Waals surface area contributed by atoms with Crippen molar-refractivity contribution in [1.29, 1.82) is 5.26 Å². The Morgan fingerprint density at radius 1 is 1.27 bits per heavy atom. The number of nitrogens with zero attached hydrogens (tertiary/aromatic N) is 1. The molecule has 0 saturated carbocycles. The van der Waals surface area contributed by atoms with Gasteiger partial charge in [-0.05, 0) is 24.6 Å². The molecule has 0 saturated heterocycles. The molecular formula is C10H9F2NO2. The topological polar surface area (TPSA) is 42.2 Å². The molecule has 0 aliphatic heterocycles. The number of benzene rings is 1. The van der Waals surface area contributed by atoms with Crippen LogP contribution in [0.1, 0.15) is 18.6 Å². The highest BCUT2D eigenvalue weighted by Crippen LogP contribution is 2.20. The van der Waals surface area contributed by atoms with Crippen LogP contribution in [0.25, 0.3) is 0 Å². The van der Waals surface area contributed by atoms with Crippen molar-refractivity contribution in [3.63, 3.8) is 0 Å². The van der Waals surface area contributed by atoms with Gasteiger partial charge in [-0.2, -0.15) is 14.0 Å². The lowest BCUT2D eigenvalue weighted by atomic mass is 10.1. The molecule has 1 rings (SSSR count). The maximum atomic E-state index is 11.8. The number of ether oxygens (including phenoxy) is 2. The molecule has 80 valence electrons. The molecule has 5 heteroatoms. The first kappa shape index (κ1) is 11.2. The molecule has 1 aromatic carbocycles. The van der Waals surface area contributed by atoms with E-state index in [2.05, 4.69) is 9.47 Å². The SMILES string of the molecule is C[C@H](OC#N)c1ccc(OC(F)F)cc1. The fourth-order valence-corrected chi connectivity index (χ4v) is 1.07. The highest BCUT2D eigenvalue weighted by Gasteiger charge is 2.07. The average molecular weight is 213 g/mol. The predicted molar refractivity (Wildman–Crippen MR) is 48.2 cm³/mol. The summed E-state index contributed by atoms with van der Waals surface area (Å²) in [6.45, 7) is -1.14. The van der Waals surface area contributed by atoms with Crippen molar-refractivity contribution in [2.45, 2.75) is 19.6 Å². The first-order chi connectivity index (χ1) is 7.13. The molecule has 1 atom stereocenters. The molecule has 0 amide bonds. The van der Waals surface area contributed by atoms with E-state index in [1.165, 1.54) is 12.1 Å². The quantitative estimate of drug-likeness (QED) is 0.722. The molecule has 0 aliphatic rings. The summed E-state index contributed by atoms with van der Waals surface area (Å²) in [6.07, 6.45) is 1.17. The second-order valence-electron chi connectivity index (χ2n) is 2.80. The van der Waals surface area contributed by atoms with Crippen LogP contribution in [0, 0.1) is 11.5 Å². The normalized spacial score (nSPS) is 11.9. The van der Waals surface area contributed by atoms with Gasteiger partial charge in [0.25, 0.3) is 6.26 Å². The van der Waals surface area contributed by atoms with E-state index < -0.39 is 12.7 Å². The van der Waals surface area contributed by atoms with Gasteiger partial charge in [0.05, 0.1) is 0 Å². The smallest absolute Gasteiger partial charge is 0.387 e. The zero-order valence-electron chi connectivity index (χ0n) is 7.98. The molecule has 0 aromatic heterocycles. The molecule has 0 fully saturated rings. The van der Waals surface area contributed by atoms with Crippen molar-refractivity contribution in [1.82, 2.24) is 0 Å². The van der Waals surface area contributed by atoms with Crippen molar-refractivity contribution in [3.05, 3.63) is 29.8 Å². The zero-order valence-corrected chi connectivity index (χ0v) is 7.98. The summed E-state index contributed by atoms with van der Waals surface area (Å²) < 4.78 is 32.5. The van der Waals surface area contributed by atoms with Crippen LogP contribution < -0.4 is 4.74 Å². The first-order valence-corrected chi connectivity index (χ1v) is 4.23. The number of rotatable bonds is 4. The average Bonchev–Trinajstić information content (AvgIpc) is 2.18. The van der Waals surface area contributed by atoms with E-state index in [0.717, 1.165) is 5.56 Å². The van der Waals surface area contributed by atoms with Crippen LogP contribution in [-0.4, -0.2) is 6.61 Å². The maximum absolute atomic E-state index is 11.8. The Kier molecular flexibility index (Phi) is 3.86. The molecular weight excluding hydrogens is 204 g/mol. The van der Waals surface area contributed by atoms with Crippen LogP contribution in [0.4, 0.5) is 8.78 Å². The van der Waals surface area contributed by atoms with Crippen molar-refractivity contribution >= 4 is 0 Å². The molecule has 0 unspecified atom stereocenters. The second kappa shape index (κ2) is 5.15. The molecule has 1 aromatic rings. The first-order valence-electron chi connectivity index (χ1n) is 4.23. The minimum Gasteiger partial charge on any atom is -0.435 e. The maximum Gasteiger partial charge on any atom is 0.387 e. The molecule has 0 spiro atoms. The van der Waals surface area contributed by atoms with E-state index in [9.17, 15) is 8.78 Å². The Hall–Kier alpha value is -1.83. The molecule has 0 radical (unpaired) electrons. The minimum atomic E-state index is -2.83. The van der Waals surface area contributed by atoms with Gasteiger partial charge in [-0.1, -0.05) is 12.1 Å². The van der Waals surface area contributed by atoms with Crippen LogP contribution in [0.5, 0.6) is 5.75 Å². The van der Waals surface area contributed by atoms with Crippen LogP contribution in [0.3, 0.4) is 0 Å². The van der Waals surface area contributed by atoms with E-state index >= 15 is 0 Å². The lowest BCUT2D eigenvalue weighted by molar-refractivity contribution is -0.0498. The van der Waals surface area contributed by atoms with Gasteiger partial charge in [0, 0.05) is 0 Å². The Labute approximate surface area is 85.8 Å². The number of halogens is 2. The van der Waals surface area contributed by atoms with Gasteiger partial charge in [-0.3, -0.25) is 0 Å². The Morgan fingerprint density at radius 2 is 1.87 bits per heavy atom. The second-order valence-corrected chi connectivity index (χ2v) is 2.80. The lowest BCUT2D eigenvalue weighted by Crippen LogP contribution is -2.02. The van der Waals surface area contributed by atoms with Crippen molar-refractivity contribution in [3.8, 4) is 12.0 Å². The molecule has 0 heterocycles. The number of nitriles is 1. The van der Waals surface area contributed by atoms with Crippen molar-refractivity contribution in [2.24, 2.45) is 0 Å². The van der Waals surface area contributed by atoms with Crippen LogP contribution in [0.15, 0.2) is 24.3 Å². The minimum absolute atomic E-state index is 0.0814. The van der Waals surface area contributed by atoms with Gasteiger partial charge in [0.1, 0.15) is 11.9 Å². The van der Waals surface area contributed by atoms with Gasteiger partial charge in [0.15, 0.2) is 0 Å². The van der Waals surface area contributed by atoms with E-state index in [1.54, 1.807) is 25.3 Å². The number of hydrogen-bond donors (Lipinski definition) is 0. The standard InChI is InChI=1S/C10H9F2NO2/c1-7(14-6-13)8-2-4-9(5-3-8)15-10(11)12/h2-5,7,10H,1H3/t7-/m0/s1. The molecule has 15 heavy (non-hydrogen) atoms. The highest BCUT2D eigenvalue weighted by molar-refractivity contribution is 5.28. The highest BCUT2D eigenvalue weighted by atomic mass is 19.3. The molecule has 0 N–H and O–H groups in total. The van der Waals surface area contributed by atoms with E-state index in [4.69, 9.17) is 5.26 Å². The van der Waals surface area contributed by atoms with Crippen LogP contribution in [-0.2, 0) is 4.74 Å². The molecule has 0 bridgehead atoms. The van der Waals surface area contributed by atoms with E-state index in [-0.39, 0.29) is 5.75 Å². The lowest BCUT2D eigenvalue weighted by Gasteiger charge is -2.09. The zero-order chi connectivity index (χ0) is 11.3. The largest absolute Gasteiger partial charge is 0.435 e. The van der Waals surface area contributed by atoms with Gasteiger partial charge in [0.2, 0.25) is 0 Å².